The molecule has 0 saturated carbocycles. The van der Waals surface area contributed by atoms with Crippen molar-refractivity contribution in [3.8, 4) is 0 Å². The lowest BCUT2D eigenvalue weighted by Crippen LogP contribution is -2.32. The van der Waals surface area contributed by atoms with E-state index in [-0.39, 0.29) is 6.04 Å². The van der Waals surface area contributed by atoms with Gasteiger partial charge in [-0.25, -0.2) is 9.97 Å². The highest BCUT2D eigenvalue weighted by molar-refractivity contribution is 5.06. The molecule has 0 aromatic carbocycles. The zero-order valence-corrected chi connectivity index (χ0v) is 11.1. The fourth-order valence-electron chi connectivity index (χ4n) is 2.10. The summed E-state index contributed by atoms with van der Waals surface area (Å²) in [6, 6.07) is 0.147. The van der Waals surface area contributed by atoms with Gasteiger partial charge in [0.05, 0.1) is 24.6 Å². The first-order valence-electron chi connectivity index (χ1n) is 5.96. The summed E-state index contributed by atoms with van der Waals surface area (Å²) in [7, 11) is 6.04. The zero-order chi connectivity index (χ0) is 13.1. The molecule has 2 aromatic heterocycles. The number of hydrogen-bond donors (Lipinski definition) is 1. The Labute approximate surface area is 107 Å². The topological polar surface area (TPSA) is 64.9 Å². The van der Waals surface area contributed by atoms with Gasteiger partial charge in [-0.15, -0.1) is 0 Å². The number of likely N-dealkylation sites (N-methyl/N-ethyl adjacent to an activating group) is 1. The minimum atomic E-state index is 0.147. The van der Waals surface area contributed by atoms with Crippen LogP contribution in [0.3, 0.4) is 0 Å². The highest BCUT2D eigenvalue weighted by Gasteiger charge is 2.19. The van der Waals surface area contributed by atoms with Gasteiger partial charge in [0.15, 0.2) is 0 Å². The summed E-state index contributed by atoms with van der Waals surface area (Å²) in [4.78, 5) is 10.7. The first-order valence-corrected chi connectivity index (χ1v) is 5.96. The maximum absolute atomic E-state index is 5.89. The van der Waals surface area contributed by atoms with E-state index in [1.807, 2.05) is 41.8 Å². The van der Waals surface area contributed by atoms with Crippen LogP contribution in [-0.4, -0.2) is 37.6 Å². The molecule has 0 fully saturated rings. The second kappa shape index (κ2) is 5.32. The van der Waals surface area contributed by atoms with Crippen LogP contribution < -0.4 is 5.73 Å². The van der Waals surface area contributed by atoms with E-state index >= 15 is 0 Å². The SMILES string of the molecule is CN(Cc1nccn1C)C(CN)c1cncn1C. The summed E-state index contributed by atoms with van der Waals surface area (Å²) in [5.74, 6) is 1.03. The quantitative estimate of drug-likeness (QED) is 0.825. The highest BCUT2D eigenvalue weighted by Crippen LogP contribution is 2.18. The number of nitrogens with two attached hydrogens (primary N) is 1. The smallest absolute Gasteiger partial charge is 0.122 e. The van der Waals surface area contributed by atoms with Crippen LogP contribution in [0.2, 0.25) is 0 Å². The van der Waals surface area contributed by atoms with Crippen LogP contribution in [-0.2, 0) is 20.6 Å². The highest BCUT2D eigenvalue weighted by atomic mass is 15.2. The number of aromatic nitrogens is 4. The number of rotatable bonds is 5. The lowest BCUT2D eigenvalue weighted by Gasteiger charge is -2.26. The van der Waals surface area contributed by atoms with E-state index in [9.17, 15) is 0 Å². The molecule has 2 heterocycles. The van der Waals surface area contributed by atoms with Crippen molar-refractivity contribution in [2.24, 2.45) is 19.8 Å². The van der Waals surface area contributed by atoms with Crippen molar-refractivity contribution in [2.45, 2.75) is 12.6 Å². The number of hydrogen-bond acceptors (Lipinski definition) is 4. The molecule has 18 heavy (non-hydrogen) atoms. The summed E-state index contributed by atoms with van der Waals surface area (Å²) in [6.45, 7) is 1.32. The number of nitrogens with zero attached hydrogens (tertiary/aromatic N) is 5. The van der Waals surface area contributed by atoms with Crippen LogP contribution in [0, 0.1) is 0 Å². The van der Waals surface area contributed by atoms with Crippen molar-refractivity contribution in [1.82, 2.24) is 24.0 Å². The van der Waals surface area contributed by atoms with Crippen LogP contribution in [0.1, 0.15) is 17.6 Å². The second-order valence-electron chi connectivity index (χ2n) is 4.55. The van der Waals surface area contributed by atoms with Crippen molar-refractivity contribution >= 4 is 0 Å². The lowest BCUT2D eigenvalue weighted by atomic mass is 10.2. The third kappa shape index (κ3) is 2.44. The minimum Gasteiger partial charge on any atom is -0.337 e. The van der Waals surface area contributed by atoms with Gasteiger partial charge in [0.25, 0.3) is 0 Å². The van der Waals surface area contributed by atoms with Crippen LogP contribution in [0.15, 0.2) is 24.9 Å². The fourth-order valence-corrected chi connectivity index (χ4v) is 2.10. The molecule has 2 aromatic rings. The Morgan fingerprint density at radius 1 is 1.39 bits per heavy atom. The fraction of sp³-hybridized carbons (Fsp3) is 0.500. The first-order chi connectivity index (χ1) is 8.63. The van der Waals surface area contributed by atoms with Gasteiger partial charge in [0, 0.05) is 39.2 Å². The van der Waals surface area contributed by atoms with E-state index in [1.54, 1.807) is 6.33 Å². The summed E-state index contributed by atoms with van der Waals surface area (Å²) in [5.41, 5.74) is 7.01. The molecular formula is C12H20N6. The van der Waals surface area contributed by atoms with Gasteiger partial charge in [-0.1, -0.05) is 0 Å². The van der Waals surface area contributed by atoms with Crippen LogP contribution in [0.25, 0.3) is 0 Å². The molecule has 1 unspecified atom stereocenters. The van der Waals surface area contributed by atoms with Gasteiger partial charge in [0.1, 0.15) is 5.82 Å². The second-order valence-corrected chi connectivity index (χ2v) is 4.55. The predicted octanol–water partition coefficient (Wildman–Crippen LogP) is 0.285. The molecule has 2 rings (SSSR count). The Balaban J connectivity index is 2.14. The molecule has 0 bridgehead atoms. The zero-order valence-electron chi connectivity index (χ0n) is 11.1. The van der Waals surface area contributed by atoms with E-state index in [4.69, 9.17) is 5.73 Å². The summed E-state index contributed by atoms with van der Waals surface area (Å²) in [6.07, 6.45) is 7.43. The Morgan fingerprint density at radius 2 is 2.17 bits per heavy atom. The standard InChI is InChI=1S/C12H20N6/c1-16-5-4-15-12(16)8-17(2)10(6-13)11-7-14-9-18(11)3/h4-5,7,9-10H,6,8,13H2,1-3H3. The first kappa shape index (κ1) is 12.8. The molecule has 98 valence electrons. The third-order valence-corrected chi connectivity index (χ3v) is 3.26. The summed E-state index contributed by atoms with van der Waals surface area (Å²) in [5, 5.41) is 0. The average molecular weight is 248 g/mol. The van der Waals surface area contributed by atoms with Gasteiger partial charge in [-0.2, -0.15) is 0 Å². The summed E-state index contributed by atoms with van der Waals surface area (Å²) < 4.78 is 4.03. The van der Waals surface area contributed by atoms with Crippen molar-refractivity contribution < 1.29 is 0 Å². The van der Waals surface area contributed by atoms with Gasteiger partial charge >= 0.3 is 0 Å². The normalized spacial score (nSPS) is 13.2. The van der Waals surface area contributed by atoms with Crippen LogP contribution >= 0.6 is 0 Å². The van der Waals surface area contributed by atoms with Crippen molar-refractivity contribution in [3.05, 3.63) is 36.4 Å². The lowest BCUT2D eigenvalue weighted by molar-refractivity contribution is 0.226. The Hall–Kier alpha value is -1.66. The number of aryl methyl sites for hydroxylation is 2. The van der Waals surface area contributed by atoms with E-state index in [0.29, 0.717) is 6.54 Å². The molecule has 0 aliphatic rings. The molecule has 6 heteroatoms. The van der Waals surface area contributed by atoms with Crippen LogP contribution in [0.5, 0.6) is 0 Å². The molecule has 0 saturated heterocycles. The Morgan fingerprint density at radius 3 is 2.67 bits per heavy atom. The Bertz CT molecular complexity index is 500. The third-order valence-electron chi connectivity index (χ3n) is 3.26. The molecule has 6 nitrogen and oxygen atoms in total. The maximum atomic E-state index is 5.89. The molecule has 0 amide bonds. The maximum Gasteiger partial charge on any atom is 0.122 e. The number of imidazole rings is 2. The molecule has 0 spiro atoms. The summed E-state index contributed by atoms with van der Waals surface area (Å²) >= 11 is 0. The Kier molecular flexibility index (Phi) is 3.78. The van der Waals surface area contributed by atoms with E-state index in [2.05, 4.69) is 21.9 Å². The molecule has 0 aliphatic carbocycles. The van der Waals surface area contributed by atoms with E-state index in [0.717, 1.165) is 18.1 Å². The van der Waals surface area contributed by atoms with Gasteiger partial charge in [-0.3, -0.25) is 4.90 Å². The molecule has 1 atom stereocenters. The molecular weight excluding hydrogens is 228 g/mol. The van der Waals surface area contributed by atoms with Gasteiger partial charge < -0.3 is 14.9 Å². The minimum absolute atomic E-state index is 0.147. The molecule has 0 radical (unpaired) electrons. The van der Waals surface area contributed by atoms with Gasteiger partial charge in [0.2, 0.25) is 0 Å². The average Bonchev–Trinajstić information content (AvgIpc) is 2.91. The van der Waals surface area contributed by atoms with Crippen molar-refractivity contribution in [2.75, 3.05) is 13.6 Å². The van der Waals surface area contributed by atoms with Crippen molar-refractivity contribution in [3.63, 3.8) is 0 Å². The van der Waals surface area contributed by atoms with Gasteiger partial charge in [-0.05, 0) is 7.05 Å². The molecule has 0 aliphatic heterocycles. The predicted molar refractivity (Wildman–Crippen MR) is 69.7 cm³/mol. The van der Waals surface area contributed by atoms with Crippen molar-refractivity contribution in [1.29, 1.82) is 0 Å². The monoisotopic (exact) mass is 248 g/mol. The molecule has 2 N–H and O–H groups in total. The van der Waals surface area contributed by atoms with Crippen LogP contribution in [0.4, 0.5) is 0 Å². The van der Waals surface area contributed by atoms with E-state index in [1.165, 1.54) is 0 Å². The largest absolute Gasteiger partial charge is 0.337 e. The van der Waals surface area contributed by atoms with E-state index < -0.39 is 0 Å².